The fraction of sp³-hybridized carbons (Fsp3) is 1.00. The lowest BCUT2D eigenvalue weighted by atomic mass is 9.77. The summed E-state index contributed by atoms with van der Waals surface area (Å²) in [5.41, 5.74) is -0.411. The Morgan fingerprint density at radius 2 is 1.84 bits per heavy atom. The fourth-order valence-electron chi connectivity index (χ4n) is 4.05. The van der Waals surface area contributed by atoms with E-state index < -0.39 is 5.60 Å². The van der Waals surface area contributed by atoms with Crippen LogP contribution < -0.4 is 5.32 Å². The van der Waals surface area contributed by atoms with Crippen molar-refractivity contribution in [3.8, 4) is 0 Å². The van der Waals surface area contributed by atoms with Crippen molar-refractivity contribution in [2.75, 3.05) is 13.1 Å². The lowest BCUT2D eigenvalue weighted by Gasteiger charge is -2.36. The molecule has 0 aromatic rings. The van der Waals surface area contributed by atoms with Gasteiger partial charge in [0.05, 0.1) is 5.60 Å². The van der Waals surface area contributed by atoms with Gasteiger partial charge in [-0.25, -0.2) is 0 Å². The average molecular weight is 267 g/mol. The monoisotopic (exact) mass is 267 g/mol. The molecule has 2 N–H and O–H groups in total. The molecule has 2 heteroatoms. The molecule has 0 spiro atoms. The molecular weight excluding hydrogens is 234 g/mol. The smallest absolute Gasteiger partial charge is 0.0771 e. The summed E-state index contributed by atoms with van der Waals surface area (Å²) >= 11 is 0. The van der Waals surface area contributed by atoms with E-state index in [1.54, 1.807) is 0 Å². The summed E-state index contributed by atoms with van der Waals surface area (Å²) in [6.07, 6.45) is 11.3. The number of hydrogen-bond donors (Lipinski definition) is 2. The number of hydrogen-bond acceptors (Lipinski definition) is 2. The Kier molecular flexibility index (Phi) is 5.70. The van der Waals surface area contributed by atoms with Crippen molar-refractivity contribution >= 4 is 0 Å². The van der Waals surface area contributed by atoms with E-state index in [4.69, 9.17) is 0 Å². The first-order valence-corrected chi connectivity index (χ1v) is 8.54. The van der Waals surface area contributed by atoms with E-state index in [2.05, 4.69) is 19.2 Å². The summed E-state index contributed by atoms with van der Waals surface area (Å²) in [6, 6.07) is 0. The molecule has 0 aromatic heterocycles. The first kappa shape index (κ1) is 15.3. The van der Waals surface area contributed by atoms with Crippen molar-refractivity contribution in [3.05, 3.63) is 0 Å². The third kappa shape index (κ3) is 4.75. The fourth-order valence-corrected chi connectivity index (χ4v) is 4.05. The van der Waals surface area contributed by atoms with E-state index >= 15 is 0 Å². The zero-order valence-corrected chi connectivity index (χ0v) is 13.0. The zero-order chi connectivity index (χ0) is 13.7. The Morgan fingerprint density at radius 3 is 2.47 bits per heavy atom. The second-order valence-electron chi connectivity index (χ2n) is 7.34. The van der Waals surface area contributed by atoms with Crippen LogP contribution in [0, 0.1) is 17.8 Å². The van der Waals surface area contributed by atoms with E-state index in [9.17, 15) is 5.11 Å². The molecule has 2 nitrogen and oxygen atoms in total. The molecule has 0 bridgehead atoms. The van der Waals surface area contributed by atoms with Gasteiger partial charge in [0.15, 0.2) is 0 Å². The van der Waals surface area contributed by atoms with E-state index in [1.807, 2.05) is 0 Å². The van der Waals surface area contributed by atoms with Gasteiger partial charge in [-0.2, -0.15) is 0 Å². The second kappa shape index (κ2) is 7.08. The van der Waals surface area contributed by atoms with Gasteiger partial charge in [0.2, 0.25) is 0 Å². The molecule has 0 saturated heterocycles. The third-order valence-electron chi connectivity index (χ3n) is 5.55. The molecule has 0 radical (unpaired) electrons. The van der Waals surface area contributed by atoms with Gasteiger partial charge >= 0.3 is 0 Å². The molecule has 0 heterocycles. The van der Waals surface area contributed by atoms with E-state index in [0.717, 1.165) is 43.7 Å². The summed E-state index contributed by atoms with van der Waals surface area (Å²) in [4.78, 5) is 0. The molecule has 2 fully saturated rings. The van der Waals surface area contributed by atoms with Crippen molar-refractivity contribution in [1.29, 1.82) is 0 Å². The molecule has 2 unspecified atom stereocenters. The number of nitrogens with one attached hydrogen (secondary N) is 1. The highest BCUT2D eigenvalue weighted by atomic mass is 16.3. The second-order valence-corrected chi connectivity index (χ2v) is 7.34. The van der Waals surface area contributed by atoms with Gasteiger partial charge in [-0.05, 0) is 62.8 Å². The van der Waals surface area contributed by atoms with Gasteiger partial charge in [0.25, 0.3) is 0 Å². The summed E-state index contributed by atoms with van der Waals surface area (Å²) in [5, 5.41) is 14.2. The third-order valence-corrected chi connectivity index (χ3v) is 5.55. The standard InChI is InChI=1S/C17H33NO/c1-3-15-7-9-17(19,10-8-15)13-18-12-16-6-4-5-14(2)11-16/h14-16,18-19H,3-13H2,1-2H3. The first-order valence-electron chi connectivity index (χ1n) is 8.54. The Labute approximate surface area is 119 Å². The molecular formula is C17H33NO. The summed E-state index contributed by atoms with van der Waals surface area (Å²) in [6.45, 7) is 6.58. The Bertz CT molecular complexity index is 258. The summed E-state index contributed by atoms with van der Waals surface area (Å²) in [7, 11) is 0. The zero-order valence-electron chi connectivity index (χ0n) is 13.0. The minimum Gasteiger partial charge on any atom is -0.389 e. The van der Waals surface area contributed by atoms with Gasteiger partial charge < -0.3 is 10.4 Å². The van der Waals surface area contributed by atoms with Crippen LogP contribution in [0.25, 0.3) is 0 Å². The predicted molar refractivity (Wildman–Crippen MR) is 81.2 cm³/mol. The topological polar surface area (TPSA) is 32.3 Å². The molecule has 2 aliphatic carbocycles. The van der Waals surface area contributed by atoms with Crippen LogP contribution in [0.2, 0.25) is 0 Å². The Hall–Kier alpha value is -0.0800. The highest BCUT2D eigenvalue weighted by molar-refractivity contribution is 4.87. The van der Waals surface area contributed by atoms with Gasteiger partial charge in [-0.3, -0.25) is 0 Å². The number of rotatable bonds is 5. The minimum atomic E-state index is -0.411. The van der Waals surface area contributed by atoms with Crippen molar-refractivity contribution in [1.82, 2.24) is 5.32 Å². The van der Waals surface area contributed by atoms with E-state index in [1.165, 1.54) is 44.9 Å². The van der Waals surface area contributed by atoms with Crippen LogP contribution in [-0.4, -0.2) is 23.8 Å². The van der Waals surface area contributed by atoms with Crippen molar-refractivity contribution in [3.63, 3.8) is 0 Å². The Balaban J connectivity index is 1.65. The highest BCUT2D eigenvalue weighted by Crippen LogP contribution is 2.33. The first-order chi connectivity index (χ1) is 9.11. The molecule has 112 valence electrons. The molecule has 2 aliphatic rings. The summed E-state index contributed by atoms with van der Waals surface area (Å²) < 4.78 is 0. The average Bonchev–Trinajstić information content (AvgIpc) is 2.40. The molecule has 0 amide bonds. The molecule has 2 atom stereocenters. The van der Waals surface area contributed by atoms with E-state index in [-0.39, 0.29) is 0 Å². The van der Waals surface area contributed by atoms with Gasteiger partial charge in [0.1, 0.15) is 0 Å². The van der Waals surface area contributed by atoms with Crippen LogP contribution in [0.15, 0.2) is 0 Å². The van der Waals surface area contributed by atoms with Crippen LogP contribution in [0.5, 0.6) is 0 Å². The van der Waals surface area contributed by atoms with Crippen LogP contribution in [-0.2, 0) is 0 Å². The molecule has 2 rings (SSSR count). The van der Waals surface area contributed by atoms with Crippen LogP contribution in [0.1, 0.15) is 71.6 Å². The molecule has 19 heavy (non-hydrogen) atoms. The van der Waals surface area contributed by atoms with E-state index in [0.29, 0.717) is 0 Å². The minimum absolute atomic E-state index is 0.411. The van der Waals surface area contributed by atoms with Gasteiger partial charge in [0, 0.05) is 6.54 Å². The molecule has 0 aromatic carbocycles. The quantitative estimate of drug-likeness (QED) is 0.795. The maximum absolute atomic E-state index is 10.6. The maximum atomic E-state index is 10.6. The Morgan fingerprint density at radius 1 is 1.11 bits per heavy atom. The van der Waals surface area contributed by atoms with Crippen LogP contribution in [0.3, 0.4) is 0 Å². The van der Waals surface area contributed by atoms with Crippen LogP contribution >= 0.6 is 0 Å². The van der Waals surface area contributed by atoms with Crippen molar-refractivity contribution in [2.45, 2.75) is 77.2 Å². The summed E-state index contributed by atoms with van der Waals surface area (Å²) in [5.74, 6) is 2.61. The SMILES string of the molecule is CCC1CCC(O)(CNCC2CCCC(C)C2)CC1. The van der Waals surface area contributed by atoms with Gasteiger partial charge in [-0.15, -0.1) is 0 Å². The highest BCUT2D eigenvalue weighted by Gasteiger charge is 2.32. The maximum Gasteiger partial charge on any atom is 0.0771 e. The number of aliphatic hydroxyl groups is 1. The largest absolute Gasteiger partial charge is 0.389 e. The molecule has 0 aliphatic heterocycles. The lowest BCUT2D eigenvalue weighted by Crippen LogP contribution is -2.44. The normalized spacial score (nSPS) is 40.3. The lowest BCUT2D eigenvalue weighted by molar-refractivity contribution is -0.00947. The predicted octanol–water partition coefficient (Wildman–Crippen LogP) is 3.73. The van der Waals surface area contributed by atoms with Crippen LogP contribution in [0.4, 0.5) is 0 Å². The molecule has 2 saturated carbocycles. The van der Waals surface area contributed by atoms with Crippen molar-refractivity contribution in [2.24, 2.45) is 17.8 Å². The van der Waals surface area contributed by atoms with Gasteiger partial charge in [-0.1, -0.05) is 33.1 Å². The van der Waals surface area contributed by atoms with Crippen molar-refractivity contribution < 1.29 is 5.11 Å².